The lowest BCUT2D eigenvalue weighted by molar-refractivity contribution is 0.873. The molecule has 1 atom stereocenters. The fraction of sp³-hybridized carbons (Fsp3) is 0.0571. The lowest BCUT2D eigenvalue weighted by Crippen LogP contribution is -2.04. The molecule has 1 aliphatic rings. The zero-order chi connectivity index (χ0) is 47.6. The molecule has 1 aliphatic carbocycles. The van der Waals surface area contributed by atoms with Crippen LogP contribution in [0.15, 0.2) is 243 Å². The lowest BCUT2D eigenvalue weighted by atomic mass is 9.77. The van der Waals surface area contributed by atoms with Crippen molar-refractivity contribution in [3.05, 3.63) is 265 Å². The lowest BCUT2D eigenvalue weighted by Gasteiger charge is -2.26. The molecule has 11 aromatic carbocycles. The van der Waals surface area contributed by atoms with E-state index in [0.717, 1.165) is 6.42 Å². The quantitative estimate of drug-likeness (QED) is 0.105. The smallest absolute Gasteiger partial charge is 0.00741 e. The van der Waals surface area contributed by atoms with Crippen LogP contribution in [0.5, 0.6) is 0 Å². The maximum atomic E-state index is 4.00. The first-order chi connectivity index (χ1) is 34.6. The highest BCUT2D eigenvalue weighted by atomic mass is 14.3. The SMILES string of the molecule is C#C.C/C=C\c1c(C)ccc2ccc(-c3c4ccccc4c(C4C=C(c5c(-c6ccccc6)cc(-c6ccccc6)cc5-c5ccccc5-c5cccc6ccccc56)C=CC4)c4ccccc34)cc12. The molecule has 0 amide bonds. The van der Waals surface area contributed by atoms with E-state index in [1.807, 2.05) is 0 Å². The van der Waals surface area contributed by atoms with Crippen LogP contribution in [0, 0.1) is 19.8 Å². The summed E-state index contributed by atoms with van der Waals surface area (Å²) in [6.07, 6.45) is 20.7. The summed E-state index contributed by atoms with van der Waals surface area (Å²) in [5.74, 6) is 0.123. The Labute approximate surface area is 412 Å². The Balaban J connectivity index is 0.00000263. The third-order valence-corrected chi connectivity index (χ3v) is 14.2. The number of fused-ring (bicyclic) bond motifs is 4. The van der Waals surface area contributed by atoms with Crippen molar-refractivity contribution in [3.63, 3.8) is 0 Å². The summed E-state index contributed by atoms with van der Waals surface area (Å²) in [5.41, 5.74) is 18.7. The molecule has 0 nitrogen and oxygen atoms in total. The van der Waals surface area contributed by atoms with E-state index >= 15 is 0 Å². The number of aryl methyl sites for hydroxylation is 1. The van der Waals surface area contributed by atoms with Crippen molar-refractivity contribution in [1.29, 1.82) is 0 Å². The number of allylic oxidation sites excluding steroid dienone is 5. The number of benzene rings is 11. The van der Waals surface area contributed by atoms with Gasteiger partial charge in [0.15, 0.2) is 0 Å². The summed E-state index contributed by atoms with van der Waals surface area (Å²) in [6, 6.07) is 81.1. The molecule has 0 radical (unpaired) electrons. The van der Waals surface area contributed by atoms with Gasteiger partial charge < -0.3 is 0 Å². The van der Waals surface area contributed by atoms with E-state index in [1.165, 1.54) is 127 Å². The van der Waals surface area contributed by atoms with Crippen LogP contribution in [0.1, 0.15) is 41.5 Å². The first-order valence-corrected chi connectivity index (χ1v) is 24.3. The summed E-state index contributed by atoms with van der Waals surface area (Å²) in [7, 11) is 0. The number of terminal acetylenes is 1. The molecule has 0 N–H and O–H groups in total. The second kappa shape index (κ2) is 19.1. The molecule has 0 bridgehead atoms. The molecular formula is C70H52. The molecule has 0 heteroatoms. The van der Waals surface area contributed by atoms with Crippen molar-refractivity contribution in [2.24, 2.45) is 0 Å². The number of rotatable bonds is 8. The Morgan fingerprint density at radius 3 is 1.66 bits per heavy atom. The summed E-state index contributed by atoms with van der Waals surface area (Å²) in [4.78, 5) is 0. The fourth-order valence-corrected chi connectivity index (χ4v) is 11.1. The van der Waals surface area contributed by atoms with Crippen LogP contribution in [0.2, 0.25) is 0 Å². The van der Waals surface area contributed by atoms with E-state index in [9.17, 15) is 0 Å². The maximum Gasteiger partial charge on any atom is 0.00741 e. The average Bonchev–Trinajstić information content (AvgIpc) is 3.43. The number of hydrogen-bond donors (Lipinski definition) is 0. The van der Waals surface area contributed by atoms with E-state index in [4.69, 9.17) is 0 Å². The zero-order valence-electron chi connectivity index (χ0n) is 39.6. The zero-order valence-corrected chi connectivity index (χ0v) is 39.6. The van der Waals surface area contributed by atoms with Crippen molar-refractivity contribution in [1.82, 2.24) is 0 Å². The van der Waals surface area contributed by atoms with Gasteiger partial charge in [-0.2, -0.15) is 0 Å². The molecule has 332 valence electrons. The summed E-state index contributed by atoms with van der Waals surface area (Å²) >= 11 is 0. The first-order valence-electron chi connectivity index (χ1n) is 24.3. The minimum absolute atomic E-state index is 0.123. The molecule has 1 unspecified atom stereocenters. The Hall–Kier alpha value is -8.76. The summed E-state index contributed by atoms with van der Waals surface area (Å²) < 4.78 is 0. The van der Waals surface area contributed by atoms with Crippen molar-refractivity contribution >= 4 is 54.7 Å². The third kappa shape index (κ3) is 7.83. The molecular weight excluding hydrogens is 841 g/mol. The molecule has 0 spiro atoms. The Bertz CT molecular complexity index is 3810. The van der Waals surface area contributed by atoms with Gasteiger partial charge in [-0.05, 0) is 165 Å². The van der Waals surface area contributed by atoms with Gasteiger partial charge in [0.1, 0.15) is 0 Å². The second-order valence-electron chi connectivity index (χ2n) is 18.2. The number of hydrogen-bond acceptors (Lipinski definition) is 0. The van der Waals surface area contributed by atoms with Gasteiger partial charge in [0.2, 0.25) is 0 Å². The van der Waals surface area contributed by atoms with Crippen LogP contribution in [-0.4, -0.2) is 0 Å². The standard InChI is InChI=1S/C68H50.C2H2/c1-3-20-54-45(2)37-38-49-39-40-52(42-63(49)54)67-61-34-16-14-32-59(61)66(60-33-15-17-35-62(60)67)50-27-18-28-51(41-50)68-64(48-23-8-5-9-24-48)43-53(46-21-6-4-7-22-46)44-65(68)58-31-13-12-30-57(58)56-36-19-26-47-25-10-11-29-55(47)56;1-2/h3-26,28-44,50H,27H2,1-2H3;1-2H/b20-3-;. The highest BCUT2D eigenvalue weighted by Gasteiger charge is 2.26. The molecule has 0 saturated carbocycles. The molecule has 0 saturated heterocycles. The Kier molecular flexibility index (Phi) is 11.9. The van der Waals surface area contributed by atoms with Gasteiger partial charge in [-0.15, -0.1) is 12.8 Å². The maximum absolute atomic E-state index is 4.00. The second-order valence-corrected chi connectivity index (χ2v) is 18.2. The van der Waals surface area contributed by atoms with E-state index in [0.29, 0.717) is 0 Å². The highest BCUT2D eigenvalue weighted by molar-refractivity contribution is 6.16. The molecule has 11 aromatic rings. The van der Waals surface area contributed by atoms with Crippen molar-refractivity contribution in [3.8, 4) is 68.5 Å². The van der Waals surface area contributed by atoms with Crippen molar-refractivity contribution in [2.75, 3.05) is 0 Å². The van der Waals surface area contributed by atoms with Crippen molar-refractivity contribution in [2.45, 2.75) is 26.2 Å². The molecule has 0 aromatic heterocycles. The monoisotopic (exact) mass is 892 g/mol. The summed E-state index contributed by atoms with van der Waals surface area (Å²) in [5, 5.41) is 10.2. The van der Waals surface area contributed by atoms with E-state index < -0.39 is 0 Å². The Morgan fingerprint density at radius 2 is 0.957 bits per heavy atom. The van der Waals surface area contributed by atoms with Crippen LogP contribution in [0.25, 0.3) is 110 Å². The van der Waals surface area contributed by atoms with Crippen LogP contribution in [0.3, 0.4) is 0 Å². The molecule has 0 heterocycles. The fourth-order valence-electron chi connectivity index (χ4n) is 11.1. The van der Waals surface area contributed by atoms with Crippen LogP contribution in [-0.2, 0) is 0 Å². The Morgan fingerprint density at radius 1 is 0.414 bits per heavy atom. The van der Waals surface area contributed by atoms with Crippen LogP contribution >= 0.6 is 0 Å². The van der Waals surface area contributed by atoms with E-state index in [-0.39, 0.29) is 5.92 Å². The predicted octanol–water partition coefficient (Wildman–Crippen LogP) is 19.4. The van der Waals surface area contributed by atoms with Gasteiger partial charge in [-0.25, -0.2) is 0 Å². The summed E-state index contributed by atoms with van der Waals surface area (Å²) in [6.45, 7) is 4.32. The van der Waals surface area contributed by atoms with Gasteiger partial charge in [0.25, 0.3) is 0 Å². The average molecular weight is 893 g/mol. The normalized spacial score (nSPS) is 13.4. The van der Waals surface area contributed by atoms with Crippen LogP contribution in [0.4, 0.5) is 0 Å². The highest BCUT2D eigenvalue weighted by Crippen LogP contribution is 2.49. The molecule has 0 aliphatic heterocycles. The van der Waals surface area contributed by atoms with E-state index in [2.05, 4.69) is 275 Å². The minimum Gasteiger partial charge on any atom is -0.124 e. The minimum atomic E-state index is 0.123. The molecule has 70 heavy (non-hydrogen) atoms. The third-order valence-electron chi connectivity index (χ3n) is 14.2. The topological polar surface area (TPSA) is 0 Å². The van der Waals surface area contributed by atoms with Gasteiger partial charge in [0.05, 0.1) is 0 Å². The molecule has 12 rings (SSSR count). The first kappa shape index (κ1) is 43.8. The van der Waals surface area contributed by atoms with E-state index in [1.54, 1.807) is 0 Å². The largest absolute Gasteiger partial charge is 0.124 e. The molecule has 0 fully saturated rings. The predicted molar refractivity (Wildman–Crippen MR) is 304 cm³/mol. The van der Waals surface area contributed by atoms with Gasteiger partial charge in [-0.3, -0.25) is 0 Å². The van der Waals surface area contributed by atoms with Crippen molar-refractivity contribution < 1.29 is 0 Å². The van der Waals surface area contributed by atoms with Crippen LogP contribution < -0.4 is 0 Å². The van der Waals surface area contributed by atoms with Gasteiger partial charge in [-0.1, -0.05) is 231 Å². The van der Waals surface area contributed by atoms with Gasteiger partial charge >= 0.3 is 0 Å². The van der Waals surface area contributed by atoms with Gasteiger partial charge in [0, 0.05) is 5.92 Å².